The molecule has 2 rings (SSSR count). The van der Waals surface area contributed by atoms with Gasteiger partial charge in [-0.05, 0) is 50.2 Å². The summed E-state index contributed by atoms with van der Waals surface area (Å²) in [6.07, 6.45) is -5.31. The first-order chi connectivity index (χ1) is 13.6. The number of rotatable bonds is 6. The average Bonchev–Trinajstić information content (AvgIpc) is 2.68. The van der Waals surface area contributed by atoms with Crippen LogP contribution in [0, 0.1) is 5.82 Å². The number of anilines is 1. The number of alkyl halides is 3. The fourth-order valence-corrected chi connectivity index (χ4v) is 2.71. The van der Waals surface area contributed by atoms with Crippen molar-refractivity contribution in [3.63, 3.8) is 0 Å². The molecular weight excluding hydrogens is 394 g/mol. The Morgan fingerprint density at radius 2 is 1.55 bits per heavy atom. The number of hydrogen-bond donors (Lipinski definition) is 1. The van der Waals surface area contributed by atoms with Gasteiger partial charge in [-0.25, -0.2) is 9.18 Å². The van der Waals surface area contributed by atoms with E-state index in [0.717, 1.165) is 24.3 Å². The van der Waals surface area contributed by atoms with Crippen LogP contribution in [0.1, 0.15) is 29.8 Å². The van der Waals surface area contributed by atoms with E-state index < -0.39 is 35.0 Å². The third kappa shape index (κ3) is 4.40. The van der Waals surface area contributed by atoms with Crippen molar-refractivity contribution in [2.24, 2.45) is 0 Å². The Bertz CT molecular complexity index is 866. The third-order valence-corrected chi connectivity index (χ3v) is 4.23. The molecule has 1 N–H and O–H groups in total. The standard InChI is InChI=1S/C20H19F4NO4/c1-3-25(17(26)13-5-9-15(21)10-6-13)16-11-7-14(8-12-16)19(28,20(22,23)24)18(27)29-4-2/h5-12,28H,3-4H2,1-2H3. The number of benzene rings is 2. The van der Waals surface area contributed by atoms with E-state index in [1.807, 2.05) is 0 Å². The maximum absolute atomic E-state index is 13.4. The molecule has 0 bridgehead atoms. The van der Waals surface area contributed by atoms with Crippen molar-refractivity contribution in [2.45, 2.75) is 25.6 Å². The van der Waals surface area contributed by atoms with Crippen molar-refractivity contribution in [1.82, 2.24) is 0 Å². The second-order valence-corrected chi connectivity index (χ2v) is 6.03. The molecule has 2 aromatic rings. The lowest BCUT2D eigenvalue weighted by Gasteiger charge is -2.29. The number of ether oxygens (including phenoxy) is 1. The Labute approximate surface area is 164 Å². The largest absolute Gasteiger partial charge is 0.463 e. The highest BCUT2D eigenvalue weighted by atomic mass is 19.4. The molecule has 1 unspecified atom stereocenters. The summed E-state index contributed by atoms with van der Waals surface area (Å²) in [5.41, 5.74) is -4.15. The molecule has 29 heavy (non-hydrogen) atoms. The predicted octanol–water partition coefficient (Wildman–Crippen LogP) is 3.81. The highest BCUT2D eigenvalue weighted by molar-refractivity contribution is 6.06. The van der Waals surface area contributed by atoms with Gasteiger partial charge in [0.1, 0.15) is 5.82 Å². The van der Waals surface area contributed by atoms with Crippen LogP contribution in [0.25, 0.3) is 0 Å². The van der Waals surface area contributed by atoms with Gasteiger partial charge in [0.15, 0.2) is 0 Å². The van der Waals surface area contributed by atoms with Crippen molar-refractivity contribution in [2.75, 3.05) is 18.1 Å². The summed E-state index contributed by atoms with van der Waals surface area (Å²) >= 11 is 0. The number of halogens is 4. The van der Waals surface area contributed by atoms with Crippen molar-refractivity contribution in [3.05, 3.63) is 65.5 Å². The van der Waals surface area contributed by atoms with Crippen molar-refractivity contribution >= 4 is 17.6 Å². The second-order valence-electron chi connectivity index (χ2n) is 6.03. The number of nitrogens with zero attached hydrogens (tertiary/aromatic N) is 1. The van der Waals surface area contributed by atoms with E-state index in [4.69, 9.17) is 0 Å². The van der Waals surface area contributed by atoms with Crippen LogP contribution in [0.5, 0.6) is 0 Å². The number of aliphatic hydroxyl groups is 1. The third-order valence-electron chi connectivity index (χ3n) is 4.23. The van der Waals surface area contributed by atoms with Gasteiger partial charge in [0.2, 0.25) is 0 Å². The van der Waals surface area contributed by atoms with Gasteiger partial charge in [0.05, 0.1) is 6.61 Å². The molecule has 0 radical (unpaired) electrons. The summed E-state index contributed by atoms with van der Waals surface area (Å²) in [5.74, 6) is -2.84. The Hall–Kier alpha value is -2.94. The van der Waals surface area contributed by atoms with Crippen LogP contribution in [-0.4, -0.2) is 36.3 Å². The molecule has 0 heterocycles. The zero-order valence-corrected chi connectivity index (χ0v) is 15.7. The maximum atomic E-state index is 13.4. The number of esters is 1. The summed E-state index contributed by atoms with van der Waals surface area (Å²) in [7, 11) is 0. The minimum absolute atomic E-state index is 0.178. The number of amides is 1. The van der Waals surface area contributed by atoms with Gasteiger partial charge < -0.3 is 14.7 Å². The topological polar surface area (TPSA) is 66.8 Å². The zero-order chi connectivity index (χ0) is 21.8. The quantitative estimate of drug-likeness (QED) is 0.578. The van der Waals surface area contributed by atoms with Crippen LogP contribution in [0.4, 0.5) is 23.2 Å². The first kappa shape index (κ1) is 22.4. The Balaban J connectivity index is 2.39. The van der Waals surface area contributed by atoms with Gasteiger partial charge in [0.25, 0.3) is 11.5 Å². The first-order valence-electron chi connectivity index (χ1n) is 8.70. The molecule has 0 spiro atoms. The molecule has 5 nitrogen and oxygen atoms in total. The summed E-state index contributed by atoms with van der Waals surface area (Å²) in [6.45, 7) is 2.81. The van der Waals surface area contributed by atoms with Crippen LogP contribution in [0.2, 0.25) is 0 Å². The van der Waals surface area contributed by atoms with Gasteiger partial charge in [-0.3, -0.25) is 4.79 Å². The normalized spacial score (nSPS) is 13.5. The summed E-state index contributed by atoms with van der Waals surface area (Å²) in [5, 5.41) is 10.1. The van der Waals surface area contributed by atoms with E-state index in [-0.39, 0.29) is 24.4 Å². The molecule has 9 heteroatoms. The van der Waals surface area contributed by atoms with E-state index in [2.05, 4.69) is 4.74 Å². The summed E-state index contributed by atoms with van der Waals surface area (Å²) in [6, 6.07) is 8.97. The molecule has 0 aliphatic carbocycles. The molecule has 1 amide bonds. The molecule has 2 aromatic carbocycles. The molecule has 0 aromatic heterocycles. The van der Waals surface area contributed by atoms with Crippen molar-refractivity contribution in [3.8, 4) is 0 Å². The Morgan fingerprint density at radius 1 is 1.00 bits per heavy atom. The molecule has 0 aliphatic rings. The average molecular weight is 413 g/mol. The monoisotopic (exact) mass is 413 g/mol. The molecule has 0 fully saturated rings. The Kier molecular flexibility index (Phi) is 6.63. The van der Waals surface area contributed by atoms with Crippen LogP contribution >= 0.6 is 0 Å². The van der Waals surface area contributed by atoms with Gasteiger partial charge >= 0.3 is 12.1 Å². The van der Waals surface area contributed by atoms with E-state index in [0.29, 0.717) is 0 Å². The second kappa shape index (κ2) is 8.60. The van der Waals surface area contributed by atoms with Crippen LogP contribution in [-0.2, 0) is 15.1 Å². The van der Waals surface area contributed by atoms with E-state index in [1.54, 1.807) is 6.92 Å². The number of carbonyl (C=O) groups is 2. The zero-order valence-electron chi connectivity index (χ0n) is 15.7. The molecule has 0 saturated heterocycles. The highest BCUT2D eigenvalue weighted by Crippen LogP contribution is 2.40. The van der Waals surface area contributed by atoms with Gasteiger partial charge in [-0.1, -0.05) is 12.1 Å². The van der Waals surface area contributed by atoms with Gasteiger partial charge in [0, 0.05) is 23.4 Å². The smallest absolute Gasteiger partial charge is 0.432 e. The minimum atomic E-state index is -5.31. The molecule has 156 valence electrons. The molecule has 0 saturated carbocycles. The van der Waals surface area contributed by atoms with Crippen molar-refractivity contribution in [1.29, 1.82) is 0 Å². The lowest BCUT2D eigenvalue weighted by molar-refractivity contribution is -0.267. The van der Waals surface area contributed by atoms with Gasteiger partial charge in [-0.15, -0.1) is 0 Å². The summed E-state index contributed by atoms with van der Waals surface area (Å²) in [4.78, 5) is 25.7. The summed E-state index contributed by atoms with van der Waals surface area (Å²) < 4.78 is 57.7. The molecule has 0 aliphatic heterocycles. The lowest BCUT2D eigenvalue weighted by Crippen LogP contribution is -2.50. The fraction of sp³-hybridized carbons (Fsp3) is 0.300. The van der Waals surface area contributed by atoms with Crippen molar-refractivity contribution < 1.29 is 37.0 Å². The number of hydrogen-bond acceptors (Lipinski definition) is 4. The SMILES string of the molecule is CCOC(=O)C(O)(c1ccc(N(CC)C(=O)c2ccc(F)cc2)cc1)C(F)(F)F. The maximum Gasteiger partial charge on any atom is 0.432 e. The van der Waals surface area contributed by atoms with E-state index >= 15 is 0 Å². The Morgan fingerprint density at radius 3 is 2.00 bits per heavy atom. The first-order valence-corrected chi connectivity index (χ1v) is 8.70. The van der Waals surface area contributed by atoms with Crippen LogP contribution in [0.15, 0.2) is 48.5 Å². The van der Waals surface area contributed by atoms with Gasteiger partial charge in [-0.2, -0.15) is 13.2 Å². The van der Waals surface area contributed by atoms with Crippen LogP contribution < -0.4 is 4.90 Å². The van der Waals surface area contributed by atoms with E-state index in [9.17, 15) is 32.3 Å². The van der Waals surface area contributed by atoms with E-state index in [1.165, 1.54) is 36.1 Å². The molecular formula is C20H19F4NO4. The molecule has 1 atom stereocenters. The highest BCUT2D eigenvalue weighted by Gasteiger charge is 2.62. The number of carbonyl (C=O) groups excluding carboxylic acids is 2. The minimum Gasteiger partial charge on any atom is -0.463 e. The predicted molar refractivity (Wildman–Crippen MR) is 96.8 cm³/mol. The van der Waals surface area contributed by atoms with Crippen LogP contribution in [0.3, 0.4) is 0 Å². The lowest BCUT2D eigenvalue weighted by atomic mass is 9.92. The fourth-order valence-electron chi connectivity index (χ4n) is 2.71.